The molecule has 0 unspecified atom stereocenters. The Kier molecular flexibility index (Phi) is 3.49. The van der Waals surface area contributed by atoms with Gasteiger partial charge in [-0.1, -0.05) is 0 Å². The summed E-state index contributed by atoms with van der Waals surface area (Å²) in [6.45, 7) is 0. The molecule has 0 aliphatic rings. The lowest BCUT2D eigenvalue weighted by Crippen LogP contribution is -2.26. The molecule has 0 saturated carbocycles. The van der Waals surface area contributed by atoms with Crippen LogP contribution in [0.15, 0.2) is 22.2 Å². The van der Waals surface area contributed by atoms with E-state index < -0.39 is 44.7 Å². The molecule has 0 fully saturated rings. The normalized spacial score (nSPS) is 11.0. The largest absolute Gasteiger partial charge is 0.501 e. The molecule has 0 aliphatic heterocycles. The summed E-state index contributed by atoms with van der Waals surface area (Å²) in [6, 6.07) is 0. The summed E-state index contributed by atoms with van der Waals surface area (Å²) in [5.41, 5.74) is 8.69. The van der Waals surface area contributed by atoms with Gasteiger partial charge < -0.3 is 29.8 Å². The molecule has 0 aromatic carbocycles. The fourth-order valence-corrected chi connectivity index (χ4v) is 1.95. The molecule has 2 aromatic rings. The van der Waals surface area contributed by atoms with E-state index in [4.69, 9.17) is 11.5 Å². The third kappa shape index (κ3) is 3.08. The summed E-state index contributed by atoms with van der Waals surface area (Å²) < 4.78 is 32.0. The number of aromatic amines is 2. The van der Waals surface area contributed by atoms with E-state index in [1.165, 1.54) is 0 Å². The van der Waals surface area contributed by atoms with Crippen molar-refractivity contribution in [1.82, 2.24) is 19.9 Å². The third-order valence-electron chi connectivity index (χ3n) is 2.05. The molecule has 0 amide bonds. The Morgan fingerprint density at radius 2 is 1.29 bits per heavy atom. The Morgan fingerprint density at radius 3 is 1.62 bits per heavy atom. The van der Waals surface area contributed by atoms with Gasteiger partial charge in [0.15, 0.2) is 11.6 Å². The predicted molar refractivity (Wildman–Crippen MR) is 68.7 cm³/mol. The molecule has 0 saturated heterocycles. The zero-order valence-electron chi connectivity index (χ0n) is 10.1. The van der Waals surface area contributed by atoms with E-state index in [0.29, 0.717) is 0 Å². The Labute approximate surface area is 116 Å². The Morgan fingerprint density at radius 1 is 0.905 bits per heavy atom. The van der Waals surface area contributed by atoms with Crippen LogP contribution < -0.4 is 31.0 Å². The van der Waals surface area contributed by atoms with E-state index in [0.717, 1.165) is 12.7 Å². The Bertz CT molecular complexity index is 819. The summed E-state index contributed by atoms with van der Waals surface area (Å²) in [5, 5.41) is 0. The van der Waals surface area contributed by atoms with Gasteiger partial charge in [0.2, 0.25) is 0 Å². The molecule has 0 atom stereocenters. The topological polar surface area (TPSA) is 196 Å². The van der Waals surface area contributed by atoms with E-state index in [-0.39, 0.29) is 0 Å². The molecule has 0 radical (unpaired) electrons. The molecule has 0 spiro atoms. The van der Waals surface area contributed by atoms with Gasteiger partial charge >= 0.3 is 10.4 Å². The number of hydrogen-bond acceptors (Lipinski definition) is 10. The van der Waals surface area contributed by atoms with Crippen LogP contribution in [0.25, 0.3) is 0 Å². The first-order valence-corrected chi connectivity index (χ1v) is 6.43. The molecule has 0 bridgehead atoms. The minimum atomic E-state index is -4.86. The molecule has 2 heterocycles. The molecular weight excluding hydrogens is 308 g/mol. The van der Waals surface area contributed by atoms with Crippen LogP contribution in [0, 0.1) is 0 Å². The van der Waals surface area contributed by atoms with Crippen molar-refractivity contribution in [2.24, 2.45) is 0 Å². The minimum Gasteiger partial charge on any atom is -0.380 e. The number of nitrogen functional groups attached to an aromatic ring is 2. The van der Waals surface area contributed by atoms with Crippen molar-refractivity contribution in [3.63, 3.8) is 0 Å². The fourth-order valence-electron chi connectivity index (χ4n) is 1.18. The first-order valence-electron chi connectivity index (χ1n) is 5.10. The summed E-state index contributed by atoms with van der Waals surface area (Å²) >= 11 is 0. The van der Waals surface area contributed by atoms with Gasteiger partial charge in [0, 0.05) is 0 Å². The van der Waals surface area contributed by atoms with Gasteiger partial charge in [-0.05, 0) is 0 Å². The highest BCUT2D eigenvalue weighted by atomic mass is 32.3. The van der Waals surface area contributed by atoms with Crippen molar-refractivity contribution in [3.05, 3.63) is 33.4 Å². The lowest BCUT2D eigenvalue weighted by atomic mass is 10.5. The number of H-pyrrole nitrogens is 2. The second-order valence-corrected chi connectivity index (χ2v) is 4.62. The average Bonchev–Trinajstić information content (AvgIpc) is 2.39. The fraction of sp³-hybridized carbons (Fsp3) is 0. The summed E-state index contributed by atoms with van der Waals surface area (Å²) in [7, 11) is -4.86. The van der Waals surface area contributed by atoms with Gasteiger partial charge in [0.05, 0.1) is 12.7 Å². The Hall–Kier alpha value is -3.09. The molecule has 12 nitrogen and oxygen atoms in total. The number of anilines is 2. The van der Waals surface area contributed by atoms with Crippen LogP contribution in [0.4, 0.5) is 11.6 Å². The van der Waals surface area contributed by atoms with Crippen LogP contribution in [-0.2, 0) is 10.4 Å². The standard InChI is InChI=1S/C8H8N6O6S/c9-5-3(7(15)13-1-11-5)19-21(17,18)20-4-6(10)12-2-14-8(4)16/h1-2H,(H3,9,11,13,15)(H3,10,12,14,16). The molecule has 2 rings (SSSR count). The molecule has 13 heteroatoms. The van der Waals surface area contributed by atoms with Crippen LogP contribution in [0.1, 0.15) is 0 Å². The van der Waals surface area contributed by atoms with Crippen LogP contribution in [-0.4, -0.2) is 28.4 Å². The number of nitrogens with zero attached hydrogens (tertiary/aromatic N) is 2. The zero-order chi connectivity index (χ0) is 15.6. The van der Waals surface area contributed by atoms with Crippen LogP contribution in [0.3, 0.4) is 0 Å². The number of aromatic nitrogens is 4. The van der Waals surface area contributed by atoms with E-state index in [9.17, 15) is 18.0 Å². The summed E-state index contributed by atoms with van der Waals surface area (Å²) in [5.74, 6) is -2.59. The quantitative estimate of drug-likeness (QED) is 0.476. The van der Waals surface area contributed by atoms with Gasteiger partial charge in [0.25, 0.3) is 22.6 Å². The highest BCUT2D eigenvalue weighted by Gasteiger charge is 2.23. The highest BCUT2D eigenvalue weighted by molar-refractivity contribution is 7.82. The van der Waals surface area contributed by atoms with E-state index in [2.05, 4.69) is 28.3 Å². The van der Waals surface area contributed by atoms with Crippen LogP contribution in [0.5, 0.6) is 11.5 Å². The number of rotatable bonds is 4. The lowest BCUT2D eigenvalue weighted by molar-refractivity contribution is 0.388. The van der Waals surface area contributed by atoms with E-state index >= 15 is 0 Å². The third-order valence-corrected chi connectivity index (χ3v) is 2.79. The maximum absolute atomic E-state index is 11.7. The van der Waals surface area contributed by atoms with Gasteiger partial charge in [-0.25, -0.2) is 9.97 Å². The first-order chi connectivity index (χ1) is 9.80. The number of nitrogens with two attached hydrogens (primary N) is 2. The van der Waals surface area contributed by atoms with Gasteiger partial charge in [-0.15, -0.1) is 8.42 Å². The van der Waals surface area contributed by atoms with Crippen molar-refractivity contribution in [3.8, 4) is 11.5 Å². The smallest absolute Gasteiger partial charge is 0.380 e. The van der Waals surface area contributed by atoms with Crippen molar-refractivity contribution in [2.45, 2.75) is 0 Å². The molecular formula is C8H8N6O6S. The van der Waals surface area contributed by atoms with Crippen LogP contribution in [0.2, 0.25) is 0 Å². The predicted octanol–water partition coefficient (Wildman–Crippen LogP) is -2.28. The molecule has 6 N–H and O–H groups in total. The van der Waals surface area contributed by atoms with Crippen molar-refractivity contribution < 1.29 is 16.8 Å². The van der Waals surface area contributed by atoms with E-state index in [1.807, 2.05) is 0 Å². The van der Waals surface area contributed by atoms with Crippen LogP contribution >= 0.6 is 0 Å². The highest BCUT2D eigenvalue weighted by Crippen LogP contribution is 2.17. The Balaban J connectivity index is 2.36. The van der Waals surface area contributed by atoms with Crippen molar-refractivity contribution in [2.75, 3.05) is 11.5 Å². The monoisotopic (exact) mass is 316 g/mol. The summed E-state index contributed by atoms with van der Waals surface area (Å²) in [4.78, 5) is 33.7. The number of hydrogen-bond donors (Lipinski definition) is 4. The maximum Gasteiger partial charge on any atom is 0.501 e. The lowest BCUT2D eigenvalue weighted by Gasteiger charge is -2.08. The maximum atomic E-state index is 11.7. The zero-order valence-corrected chi connectivity index (χ0v) is 10.9. The van der Waals surface area contributed by atoms with Crippen molar-refractivity contribution >= 4 is 22.0 Å². The molecule has 0 aliphatic carbocycles. The van der Waals surface area contributed by atoms with Gasteiger partial charge in [-0.3, -0.25) is 9.59 Å². The average molecular weight is 316 g/mol. The second-order valence-electron chi connectivity index (χ2n) is 3.47. The van der Waals surface area contributed by atoms with Crippen molar-refractivity contribution in [1.29, 1.82) is 0 Å². The SMILES string of the molecule is Nc1nc[nH]c(=O)c1OS(=O)(=O)Oc1c(N)nc[nH]c1=O. The molecule has 21 heavy (non-hydrogen) atoms. The molecule has 2 aromatic heterocycles. The number of nitrogens with one attached hydrogen (secondary N) is 2. The summed E-state index contributed by atoms with van der Waals surface area (Å²) in [6.07, 6.45) is 1.89. The molecule has 112 valence electrons. The minimum absolute atomic E-state index is 0.487. The van der Waals surface area contributed by atoms with Gasteiger partial charge in [0.1, 0.15) is 0 Å². The van der Waals surface area contributed by atoms with E-state index in [1.54, 1.807) is 0 Å². The second kappa shape index (κ2) is 5.12. The van der Waals surface area contributed by atoms with Gasteiger partial charge in [-0.2, -0.15) is 0 Å². The first kappa shape index (κ1) is 14.3.